The van der Waals surface area contributed by atoms with E-state index in [0.717, 1.165) is 0 Å². The van der Waals surface area contributed by atoms with Crippen LogP contribution >= 0.6 is 0 Å². The van der Waals surface area contributed by atoms with Gasteiger partial charge in [-0.3, -0.25) is 4.79 Å². The molecule has 8 heteroatoms. The second kappa shape index (κ2) is 6.08. The maximum absolute atomic E-state index is 12.2. The minimum Gasteiger partial charge on any atom is -0.409 e. The van der Waals surface area contributed by atoms with Crippen LogP contribution in [0.25, 0.3) is 0 Å². The molecule has 112 valence electrons. The fraction of sp³-hybridized carbons (Fsp3) is 0.500. The first-order valence-electron chi connectivity index (χ1n) is 6.10. The van der Waals surface area contributed by atoms with E-state index < -0.39 is 20.6 Å². The first-order chi connectivity index (χ1) is 9.20. The summed E-state index contributed by atoms with van der Waals surface area (Å²) < 4.78 is 24.9. The molecule has 1 heterocycles. The highest BCUT2D eigenvalue weighted by Crippen LogP contribution is 2.04. The molecule has 0 aliphatic rings. The zero-order chi connectivity index (χ0) is 15.5. The van der Waals surface area contributed by atoms with Gasteiger partial charge in [-0.2, -0.15) is 0 Å². The first-order valence-corrected chi connectivity index (χ1v) is 7.82. The monoisotopic (exact) mass is 301 g/mol. The molecule has 0 saturated carbocycles. The van der Waals surface area contributed by atoms with Crippen LogP contribution in [-0.2, 0) is 16.4 Å². The van der Waals surface area contributed by atoms with Crippen molar-refractivity contribution in [1.82, 2.24) is 4.57 Å². The Bertz CT molecular complexity index is 674. The number of aromatic nitrogens is 1. The van der Waals surface area contributed by atoms with E-state index in [1.165, 1.54) is 10.6 Å². The van der Waals surface area contributed by atoms with Crippen molar-refractivity contribution in [2.24, 2.45) is 10.9 Å². The highest BCUT2D eigenvalue weighted by atomic mass is 32.2. The molecule has 1 aromatic rings. The van der Waals surface area contributed by atoms with E-state index in [9.17, 15) is 13.2 Å². The van der Waals surface area contributed by atoms with Crippen LogP contribution in [0.5, 0.6) is 0 Å². The summed E-state index contributed by atoms with van der Waals surface area (Å²) in [6.07, 6.45) is 0. The van der Waals surface area contributed by atoms with Crippen LogP contribution in [0.1, 0.15) is 25.1 Å². The average Bonchev–Trinajstić information content (AvgIpc) is 2.37. The Kier molecular flexibility index (Phi) is 4.93. The molecule has 20 heavy (non-hydrogen) atoms. The van der Waals surface area contributed by atoms with E-state index in [1.54, 1.807) is 26.8 Å². The first kappa shape index (κ1) is 16.2. The number of sulfone groups is 1. The second-order valence-corrected chi connectivity index (χ2v) is 7.42. The van der Waals surface area contributed by atoms with Gasteiger partial charge >= 0.3 is 0 Å². The van der Waals surface area contributed by atoms with Crippen LogP contribution in [-0.4, -0.2) is 35.0 Å². The molecule has 0 aliphatic heterocycles. The number of amidine groups is 1. The number of oxime groups is 1. The van der Waals surface area contributed by atoms with Gasteiger partial charge in [0.2, 0.25) is 0 Å². The predicted molar refractivity (Wildman–Crippen MR) is 76.9 cm³/mol. The Morgan fingerprint density at radius 3 is 2.55 bits per heavy atom. The topological polar surface area (TPSA) is 115 Å². The number of nitrogens with two attached hydrogens (primary N) is 1. The standard InChI is InChI=1S/C12H19N3O4S/c1-8(2)20(18,19)7-6-15-9(3)4-5-10(12(15)16)11(13)14-17/h4-5,8,17H,6-7H2,1-3H3,(H2,13,14). The van der Waals surface area contributed by atoms with Crippen LogP contribution < -0.4 is 11.3 Å². The van der Waals surface area contributed by atoms with Crippen LogP contribution in [0.15, 0.2) is 22.1 Å². The molecule has 1 rings (SSSR count). The van der Waals surface area contributed by atoms with E-state index in [4.69, 9.17) is 10.9 Å². The average molecular weight is 301 g/mol. The number of hydrogen-bond donors (Lipinski definition) is 2. The lowest BCUT2D eigenvalue weighted by atomic mass is 10.2. The fourth-order valence-electron chi connectivity index (χ4n) is 1.65. The predicted octanol–water partition coefficient (Wildman–Crippen LogP) is 0.0744. The van der Waals surface area contributed by atoms with E-state index in [-0.39, 0.29) is 23.7 Å². The van der Waals surface area contributed by atoms with E-state index in [1.807, 2.05) is 0 Å². The lowest BCUT2D eigenvalue weighted by Crippen LogP contribution is -2.33. The van der Waals surface area contributed by atoms with Crippen molar-refractivity contribution in [2.75, 3.05) is 5.75 Å². The third kappa shape index (κ3) is 3.38. The molecule has 0 amide bonds. The van der Waals surface area contributed by atoms with Crippen molar-refractivity contribution >= 4 is 15.7 Å². The van der Waals surface area contributed by atoms with Gasteiger partial charge in [-0.25, -0.2) is 8.42 Å². The Labute approximate surface area is 117 Å². The zero-order valence-electron chi connectivity index (χ0n) is 11.7. The van der Waals surface area contributed by atoms with Crippen molar-refractivity contribution < 1.29 is 13.6 Å². The van der Waals surface area contributed by atoms with Crippen LogP contribution in [0.4, 0.5) is 0 Å². The molecular formula is C12H19N3O4S. The van der Waals surface area contributed by atoms with Crippen molar-refractivity contribution in [3.8, 4) is 0 Å². The molecule has 7 nitrogen and oxygen atoms in total. The molecule has 3 N–H and O–H groups in total. The molecule has 0 aliphatic carbocycles. The highest BCUT2D eigenvalue weighted by Gasteiger charge is 2.17. The van der Waals surface area contributed by atoms with Gasteiger partial charge < -0.3 is 15.5 Å². The van der Waals surface area contributed by atoms with E-state index >= 15 is 0 Å². The van der Waals surface area contributed by atoms with Gasteiger partial charge in [-0.05, 0) is 32.9 Å². The molecule has 1 aromatic heterocycles. The largest absolute Gasteiger partial charge is 0.409 e. The van der Waals surface area contributed by atoms with Crippen LogP contribution in [0.2, 0.25) is 0 Å². The summed E-state index contributed by atoms with van der Waals surface area (Å²) in [7, 11) is -3.24. The zero-order valence-corrected chi connectivity index (χ0v) is 12.5. The molecule has 0 aromatic carbocycles. The van der Waals surface area contributed by atoms with Crippen LogP contribution in [0.3, 0.4) is 0 Å². The van der Waals surface area contributed by atoms with Gasteiger partial charge in [-0.15, -0.1) is 0 Å². The van der Waals surface area contributed by atoms with Gasteiger partial charge in [0.05, 0.1) is 16.6 Å². The lowest BCUT2D eigenvalue weighted by molar-refractivity contribution is 0.318. The van der Waals surface area contributed by atoms with Crippen LogP contribution in [0, 0.1) is 6.92 Å². The minimum absolute atomic E-state index is 0.0394. The van der Waals surface area contributed by atoms with Gasteiger partial charge in [0.15, 0.2) is 15.7 Å². The molecule has 0 fully saturated rings. The summed E-state index contributed by atoms with van der Waals surface area (Å²) in [6, 6.07) is 3.07. The summed E-state index contributed by atoms with van der Waals surface area (Å²) in [6.45, 7) is 4.92. The Morgan fingerprint density at radius 2 is 2.05 bits per heavy atom. The number of aryl methyl sites for hydroxylation is 1. The van der Waals surface area contributed by atoms with E-state index in [0.29, 0.717) is 5.69 Å². The summed E-state index contributed by atoms with van der Waals surface area (Å²) >= 11 is 0. The molecule has 0 bridgehead atoms. The van der Waals surface area contributed by atoms with Gasteiger partial charge in [0.1, 0.15) is 0 Å². The van der Waals surface area contributed by atoms with Crippen molar-refractivity contribution in [3.63, 3.8) is 0 Å². The number of pyridine rings is 1. The Morgan fingerprint density at radius 1 is 1.45 bits per heavy atom. The lowest BCUT2D eigenvalue weighted by Gasteiger charge is -2.13. The summed E-state index contributed by atoms with van der Waals surface area (Å²) in [5.41, 5.74) is 5.60. The quantitative estimate of drug-likeness (QED) is 0.346. The maximum Gasteiger partial charge on any atom is 0.261 e. The number of hydrogen-bond acceptors (Lipinski definition) is 5. The number of nitrogens with zero attached hydrogens (tertiary/aromatic N) is 2. The molecule has 0 unspecified atom stereocenters. The summed E-state index contributed by atoms with van der Waals surface area (Å²) in [4.78, 5) is 12.2. The molecule has 0 atom stereocenters. The summed E-state index contributed by atoms with van der Waals surface area (Å²) in [5.74, 6) is -0.430. The molecule has 0 radical (unpaired) electrons. The minimum atomic E-state index is -3.24. The molecule has 0 saturated heterocycles. The SMILES string of the molecule is Cc1ccc(/C(N)=N/O)c(=O)n1CCS(=O)(=O)C(C)C. The smallest absolute Gasteiger partial charge is 0.261 e. The maximum atomic E-state index is 12.2. The number of rotatable bonds is 5. The normalized spacial score (nSPS) is 12.9. The van der Waals surface area contributed by atoms with Crippen molar-refractivity contribution in [3.05, 3.63) is 33.7 Å². The Hall–Kier alpha value is -1.83. The van der Waals surface area contributed by atoms with Gasteiger partial charge in [-0.1, -0.05) is 5.16 Å². The molecule has 0 spiro atoms. The fourth-order valence-corrected chi connectivity index (χ4v) is 2.56. The second-order valence-electron chi connectivity index (χ2n) is 4.75. The van der Waals surface area contributed by atoms with Crippen molar-refractivity contribution in [2.45, 2.75) is 32.6 Å². The summed E-state index contributed by atoms with van der Waals surface area (Å²) in [5, 5.41) is 10.9. The van der Waals surface area contributed by atoms with Crippen molar-refractivity contribution in [1.29, 1.82) is 0 Å². The van der Waals surface area contributed by atoms with E-state index in [2.05, 4.69) is 5.16 Å². The molecular weight excluding hydrogens is 282 g/mol. The third-order valence-corrected chi connectivity index (χ3v) is 5.28. The highest BCUT2D eigenvalue weighted by molar-refractivity contribution is 7.91. The van der Waals surface area contributed by atoms with Gasteiger partial charge in [0, 0.05) is 12.2 Å². The third-order valence-electron chi connectivity index (χ3n) is 3.09. The van der Waals surface area contributed by atoms with Gasteiger partial charge in [0.25, 0.3) is 5.56 Å². The Balaban J connectivity index is 3.17.